The zero-order chi connectivity index (χ0) is 10.6. The van der Waals surface area contributed by atoms with Gasteiger partial charge in [0.15, 0.2) is 0 Å². The van der Waals surface area contributed by atoms with Gasteiger partial charge in [-0.1, -0.05) is 20.3 Å². The summed E-state index contributed by atoms with van der Waals surface area (Å²) in [4.78, 5) is 2.48. The van der Waals surface area contributed by atoms with Crippen molar-refractivity contribution in [2.75, 3.05) is 13.6 Å². The molecule has 1 aliphatic rings. The van der Waals surface area contributed by atoms with Gasteiger partial charge in [0, 0.05) is 12.1 Å². The maximum atomic E-state index is 6.17. The molecular weight excluding hydrogens is 172 g/mol. The summed E-state index contributed by atoms with van der Waals surface area (Å²) in [6.45, 7) is 5.81. The van der Waals surface area contributed by atoms with Crippen LogP contribution in [0.25, 0.3) is 0 Å². The first kappa shape index (κ1) is 12.0. The molecule has 2 N–H and O–H groups in total. The minimum atomic E-state index is 0.410. The Kier molecular flexibility index (Phi) is 4.90. The lowest BCUT2D eigenvalue weighted by atomic mass is 9.83. The molecule has 1 rings (SSSR count). The molecule has 0 spiro atoms. The van der Waals surface area contributed by atoms with Crippen LogP contribution < -0.4 is 5.73 Å². The van der Waals surface area contributed by atoms with E-state index in [2.05, 4.69) is 25.8 Å². The molecule has 0 heterocycles. The van der Waals surface area contributed by atoms with E-state index in [-0.39, 0.29) is 0 Å². The van der Waals surface area contributed by atoms with E-state index in [0.717, 1.165) is 5.92 Å². The van der Waals surface area contributed by atoms with Crippen LogP contribution in [-0.2, 0) is 0 Å². The predicted molar refractivity (Wildman–Crippen MR) is 62.3 cm³/mol. The van der Waals surface area contributed by atoms with Gasteiger partial charge in [-0.3, -0.25) is 0 Å². The Morgan fingerprint density at radius 2 is 2.07 bits per heavy atom. The molecule has 0 aliphatic heterocycles. The summed E-state index contributed by atoms with van der Waals surface area (Å²) in [5.74, 6) is 0.865. The Morgan fingerprint density at radius 3 is 2.71 bits per heavy atom. The van der Waals surface area contributed by atoms with Crippen molar-refractivity contribution in [3.05, 3.63) is 0 Å². The van der Waals surface area contributed by atoms with E-state index in [4.69, 9.17) is 5.73 Å². The van der Waals surface area contributed by atoms with E-state index in [1.165, 1.54) is 38.6 Å². The van der Waals surface area contributed by atoms with Gasteiger partial charge < -0.3 is 10.6 Å². The number of unbranched alkanes of at least 4 members (excludes halogenated alkanes) is 1. The molecule has 14 heavy (non-hydrogen) atoms. The average molecular weight is 198 g/mol. The highest BCUT2D eigenvalue weighted by Crippen LogP contribution is 2.26. The lowest BCUT2D eigenvalue weighted by Crippen LogP contribution is -2.49. The van der Waals surface area contributed by atoms with Crippen molar-refractivity contribution in [3.8, 4) is 0 Å². The third-order valence-corrected chi connectivity index (χ3v) is 3.56. The summed E-state index contributed by atoms with van der Waals surface area (Å²) in [5, 5.41) is 0. The van der Waals surface area contributed by atoms with Crippen LogP contribution >= 0.6 is 0 Å². The molecule has 0 saturated heterocycles. The Hall–Kier alpha value is -0.0800. The molecule has 0 aromatic heterocycles. The zero-order valence-electron chi connectivity index (χ0n) is 10.00. The highest BCUT2D eigenvalue weighted by Gasteiger charge is 2.28. The van der Waals surface area contributed by atoms with Gasteiger partial charge in [-0.25, -0.2) is 0 Å². The van der Waals surface area contributed by atoms with E-state index >= 15 is 0 Å². The maximum absolute atomic E-state index is 6.17. The molecular formula is C12H26N2. The predicted octanol–water partition coefficient (Wildman–Crippen LogP) is 2.23. The summed E-state index contributed by atoms with van der Waals surface area (Å²) >= 11 is 0. The minimum absolute atomic E-state index is 0.410. The number of nitrogens with two attached hydrogens (primary N) is 1. The first-order valence-corrected chi connectivity index (χ1v) is 6.11. The van der Waals surface area contributed by atoms with Crippen LogP contribution in [0.3, 0.4) is 0 Å². The van der Waals surface area contributed by atoms with Crippen molar-refractivity contribution in [2.45, 2.75) is 58.0 Å². The van der Waals surface area contributed by atoms with Gasteiger partial charge in [0.25, 0.3) is 0 Å². The number of likely N-dealkylation sites (N-methyl/N-ethyl adjacent to an activating group) is 1. The normalized spacial score (nSPS) is 33.6. The van der Waals surface area contributed by atoms with Gasteiger partial charge in [0.05, 0.1) is 0 Å². The SMILES string of the molecule is CCCCN(C)C1CC(C)CCC1N. The lowest BCUT2D eigenvalue weighted by molar-refractivity contribution is 0.141. The molecule has 0 amide bonds. The number of hydrogen-bond acceptors (Lipinski definition) is 2. The molecule has 2 nitrogen and oxygen atoms in total. The first-order chi connectivity index (χ1) is 6.65. The monoisotopic (exact) mass is 198 g/mol. The molecule has 1 fully saturated rings. The minimum Gasteiger partial charge on any atom is -0.326 e. The van der Waals surface area contributed by atoms with Gasteiger partial charge in [0.2, 0.25) is 0 Å². The van der Waals surface area contributed by atoms with E-state index in [0.29, 0.717) is 12.1 Å². The van der Waals surface area contributed by atoms with Crippen LogP contribution in [0, 0.1) is 5.92 Å². The standard InChI is InChI=1S/C12H26N2/c1-4-5-8-14(3)12-9-10(2)6-7-11(12)13/h10-12H,4-9,13H2,1-3H3. The molecule has 0 aromatic rings. The molecule has 0 radical (unpaired) electrons. The summed E-state index contributed by atoms with van der Waals surface area (Å²) in [7, 11) is 2.23. The third kappa shape index (κ3) is 3.25. The average Bonchev–Trinajstić information content (AvgIpc) is 2.18. The maximum Gasteiger partial charge on any atom is 0.0246 e. The molecule has 1 aliphatic carbocycles. The van der Waals surface area contributed by atoms with Gasteiger partial charge in [-0.2, -0.15) is 0 Å². The van der Waals surface area contributed by atoms with Crippen molar-refractivity contribution in [2.24, 2.45) is 11.7 Å². The molecule has 3 atom stereocenters. The third-order valence-electron chi connectivity index (χ3n) is 3.56. The van der Waals surface area contributed by atoms with Crippen LogP contribution in [0.4, 0.5) is 0 Å². The van der Waals surface area contributed by atoms with Crippen molar-refractivity contribution < 1.29 is 0 Å². The smallest absolute Gasteiger partial charge is 0.0246 e. The number of nitrogens with zero attached hydrogens (tertiary/aromatic N) is 1. The Balaban J connectivity index is 2.38. The molecule has 2 heteroatoms. The highest BCUT2D eigenvalue weighted by molar-refractivity contribution is 4.86. The van der Waals surface area contributed by atoms with E-state index in [1.807, 2.05) is 0 Å². The van der Waals surface area contributed by atoms with Crippen LogP contribution in [0.1, 0.15) is 46.0 Å². The Bertz CT molecular complexity index is 158. The topological polar surface area (TPSA) is 29.3 Å². The second-order valence-electron chi connectivity index (χ2n) is 4.98. The second kappa shape index (κ2) is 5.72. The summed E-state index contributed by atoms with van der Waals surface area (Å²) in [6.07, 6.45) is 6.40. The van der Waals surface area contributed by atoms with E-state index in [9.17, 15) is 0 Å². The molecule has 0 bridgehead atoms. The van der Waals surface area contributed by atoms with Crippen molar-refractivity contribution in [1.29, 1.82) is 0 Å². The summed E-state index contributed by atoms with van der Waals surface area (Å²) < 4.78 is 0. The van der Waals surface area contributed by atoms with Gasteiger partial charge in [-0.05, 0) is 45.2 Å². The fourth-order valence-corrected chi connectivity index (χ4v) is 2.45. The highest BCUT2D eigenvalue weighted by atomic mass is 15.1. The molecule has 84 valence electrons. The fraction of sp³-hybridized carbons (Fsp3) is 1.00. The fourth-order valence-electron chi connectivity index (χ4n) is 2.45. The van der Waals surface area contributed by atoms with Crippen molar-refractivity contribution >= 4 is 0 Å². The molecule has 3 unspecified atom stereocenters. The van der Waals surface area contributed by atoms with E-state index < -0.39 is 0 Å². The van der Waals surface area contributed by atoms with Crippen molar-refractivity contribution in [3.63, 3.8) is 0 Å². The summed E-state index contributed by atoms with van der Waals surface area (Å²) in [5.41, 5.74) is 6.17. The molecule has 0 aromatic carbocycles. The van der Waals surface area contributed by atoms with Crippen LogP contribution in [-0.4, -0.2) is 30.6 Å². The first-order valence-electron chi connectivity index (χ1n) is 6.11. The van der Waals surface area contributed by atoms with Crippen molar-refractivity contribution in [1.82, 2.24) is 4.90 Å². The van der Waals surface area contributed by atoms with Crippen LogP contribution in [0.5, 0.6) is 0 Å². The van der Waals surface area contributed by atoms with Gasteiger partial charge in [-0.15, -0.1) is 0 Å². The van der Waals surface area contributed by atoms with Crippen LogP contribution in [0.2, 0.25) is 0 Å². The lowest BCUT2D eigenvalue weighted by Gasteiger charge is -2.38. The summed E-state index contributed by atoms with van der Waals surface area (Å²) in [6, 6.07) is 1.04. The quantitative estimate of drug-likeness (QED) is 0.750. The van der Waals surface area contributed by atoms with Gasteiger partial charge >= 0.3 is 0 Å². The van der Waals surface area contributed by atoms with Gasteiger partial charge in [0.1, 0.15) is 0 Å². The molecule has 1 saturated carbocycles. The number of rotatable bonds is 4. The second-order valence-corrected chi connectivity index (χ2v) is 4.98. The zero-order valence-corrected chi connectivity index (χ0v) is 10.00. The van der Waals surface area contributed by atoms with Crippen LogP contribution in [0.15, 0.2) is 0 Å². The largest absolute Gasteiger partial charge is 0.326 e. The number of hydrogen-bond donors (Lipinski definition) is 1. The Morgan fingerprint density at radius 1 is 1.36 bits per heavy atom. The Labute approximate surface area is 88.8 Å². The van der Waals surface area contributed by atoms with E-state index in [1.54, 1.807) is 0 Å².